The minimum atomic E-state index is -0.319. The number of hydrogen-bond donors (Lipinski definition) is 2. The third kappa shape index (κ3) is 3.89. The molecule has 104 valence electrons. The molecule has 1 aromatic rings. The highest BCUT2D eigenvalue weighted by Crippen LogP contribution is 2.20. The highest BCUT2D eigenvalue weighted by atomic mass is 35.5. The second-order valence-corrected chi connectivity index (χ2v) is 5.27. The summed E-state index contributed by atoms with van der Waals surface area (Å²) < 4.78 is 0. The number of carbonyl (C=O) groups excluding carboxylic acids is 1. The summed E-state index contributed by atoms with van der Waals surface area (Å²) in [6.07, 6.45) is 2.19. The first kappa shape index (κ1) is 14.2. The van der Waals surface area contributed by atoms with Crippen LogP contribution in [0.3, 0.4) is 0 Å². The minimum Gasteiger partial charge on any atom is -0.393 e. The Kier molecular flexibility index (Phi) is 4.74. The maximum Gasteiger partial charge on any atom is 0.238 e. The third-order valence-electron chi connectivity index (χ3n) is 3.39. The van der Waals surface area contributed by atoms with Crippen molar-refractivity contribution in [1.29, 1.82) is 0 Å². The summed E-state index contributed by atoms with van der Waals surface area (Å²) >= 11 is 5.88. The van der Waals surface area contributed by atoms with Gasteiger partial charge in [0, 0.05) is 12.7 Å². The van der Waals surface area contributed by atoms with Crippen LogP contribution < -0.4 is 5.32 Å². The summed E-state index contributed by atoms with van der Waals surface area (Å²) in [6, 6.07) is 3.44. The van der Waals surface area contributed by atoms with Gasteiger partial charge in [0.2, 0.25) is 5.91 Å². The molecule has 6 heteroatoms. The van der Waals surface area contributed by atoms with Crippen molar-refractivity contribution in [2.75, 3.05) is 25.0 Å². The van der Waals surface area contributed by atoms with Crippen LogP contribution >= 0.6 is 11.6 Å². The van der Waals surface area contributed by atoms with Gasteiger partial charge in [-0.2, -0.15) is 0 Å². The summed E-state index contributed by atoms with van der Waals surface area (Å²) in [7, 11) is 0. The fourth-order valence-electron chi connectivity index (χ4n) is 2.27. The van der Waals surface area contributed by atoms with Gasteiger partial charge in [-0.15, -0.1) is 0 Å². The van der Waals surface area contributed by atoms with Crippen LogP contribution in [0.1, 0.15) is 13.3 Å². The topological polar surface area (TPSA) is 65.5 Å². The maximum atomic E-state index is 11.9. The molecule has 2 N–H and O–H groups in total. The number of aliphatic hydroxyl groups is 1. The van der Waals surface area contributed by atoms with Gasteiger partial charge in [-0.05, 0) is 37.9 Å². The summed E-state index contributed by atoms with van der Waals surface area (Å²) in [6.45, 7) is 3.70. The van der Waals surface area contributed by atoms with E-state index in [2.05, 4.69) is 10.3 Å². The van der Waals surface area contributed by atoms with Crippen molar-refractivity contribution in [3.63, 3.8) is 0 Å². The Labute approximate surface area is 117 Å². The lowest BCUT2D eigenvalue weighted by Gasteiger charge is -2.17. The maximum absolute atomic E-state index is 11.9. The number of nitrogens with one attached hydrogen (secondary N) is 1. The fraction of sp³-hybridized carbons (Fsp3) is 0.538. The number of pyridine rings is 1. The number of likely N-dealkylation sites (tertiary alicyclic amines) is 1. The molecule has 0 aliphatic carbocycles. The van der Waals surface area contributed by atoms with Crippen LogP contribution in [-0.4, -0.2) is 46.6 Å². The molecule has 1 aromatic heterocycles. The number of rotatable bonds is 4. The van der Waals surface area contributed by atoms with E-state index in [0.717, 1.165) is 19.5 Å². The number of amides is 1. The lowest BCUT2D eigenvalue weighted by molar-refractivity contribution is -0.117. The predicted molar refractivity (Wildman–Crippen MR) is 74.1 cm³/mol. The Morgan fingerprint density at radius 1 is 1.74 bits per heavy atom. The predicted octanol–water partition coefficient (Wildman–Crippen LogP) is 1.38. The van der Waals surface area contributed by atoms with Crippen molar-refractivity contribution in [2.24, 2.45) is 5.92 Å². The lowest BCUT2D eigenvalue weighted by atomic mass is 10.0. The average Bonchev–Trinajstić information content (AvgIpc) is 2.80. The Hall–Kier alpha value is -1.17. The summed E-state index contributed by atoms with van der Waals surface area (Å²) in [4.78, 5) is 17.8. The number of hydrogen-bond acceptors (Lipinski definition) is 4. The molecule has 0 radical (unpaired) electrons. The molecule has 1 saturated heterocycles. The number of carbonyl (C=O) groups is 1. The Morgan fingerprint density at radius 3 is 3.16 bits per heavy atom. The second kappa shape index (κ2) is 6.32. The Morgan fingerprint density at radius 2 is 2.53 bits per heavy atom. The Balaban J connectivity index is 1.84. The molecule has 5 nitrogen and oxygen atoms in total. The van der Waals surface area contributed by atoms with Gasteiger partial charge in [0.05, 0.1) is 18.3 Å². The highest BCUT2D eigenvalue weighted by Gasteiger charge is 2.27. The molecule has 1 aliphatic heterocycles. The molecule has 1 amide bonds. The van der Waals surface area contributed by atoms with Crippen molar-refractivity contribution < 1.29 is 9.90 Å². The van der Waals surface area contributed by atoms with Crippen molar-refractivity contribution >= 4 is 23.2 Å². The molecule has 1 aliphatic rings. The van der Waals surface area contributed by atoms with E-state index in [1.165, 1.54) is 0 Å². The van der Waals surface area contributed by atoms with Gasteiger partial charge in [-0.3, -0.25) is 9.69 Å². The van der Waals surface area contributed by atoms with Crippen LogP contribution in [0.15, 0.2) is 18.3 Å². The lowest BCUT2D eigenvalue weighted by Crippen LogP contribution is -2.32. The zero-order valence-corrected chi connectivity index (χ0v) is 11.6. The van der Waals surface area contributed by atoms with E-state index in [4.69, 9.17) is 11.6 Å². The minimum absolute atomic E-state index is 0.110. The van der Waals surface area contributed by atoms with Crippen LogP contribution in [0, 0.1) is 5.92 Å². The van der Waals surface area contributed by atoms with Gasteiger partial charge in [-0.25, -0.2) is 4.98 Å². The van der Waals surface area contributed by atoms with Gasteiger partial charge in [0.25, 0.3) is 0 Å². The van der Waals surface area contributed by atoms with E-state index >= 15 is 0 Å². The van der Waals surface area contributed by atoms with E-state index in [-0.39, 0.29) is 17.9 Å². The number of nitrogens with zero attached hydrogens (tertiary/aromatic N) is 2. The number of halogens is 1. The van der Waals surface area contributed by atoms with Gasteiger partial charge in [0.15, 0.2) is 5.15 Å². The van der Waals surface area contributed by atoms with Gasteiger partial charge < -0.3 is 10.4 Å². The number of anilines is 1. The molecule has 2 rings (SSSR count). The van der Waals surface area contributed by atoms with Crippen molar-refractivity contribution in [3.05, 3.63) is 23.5 Å². The largest absolute Gasteiger partial charge is 0.393 e. The molecule has 0 aromatic carbocycles. The first-order valence-corrected chi connectivity index (χ1v) is 6.75. The zero-order valence-electron chi connectivity index (χ0n) is 10.8. The van der Waals surface area contributed by atoms with Crippen molar-refractivity contribution in [3.8, 4) is 0 Å². The number of aliphatic hydroxyl groups excluding tert-OH is 1. The normalized spacial score (nSPS) is 21.3. The molecule has 0 saturated carbocycles. The summed E-state index contributed by atoms with van der Waals surface area (Å²) in [5.74, 6) is 0.149. The molecular weight excluding hydrogens is 266 g/mol. The van der Waals surface area contributed by atoms with E-state index in [1.807, 2.05) is 4.90 Å². The van der Waals surface area contributed by atoms with Crippen LogP contribution in [0.5, 0.6) is 0 Å². The van der Waals surface area contributed by atoms with Crippen LogP contribution in [0.25, 0.3) is 0 Å². The van der Waals surface area contributed by atoms with Gasteiger partial charge in [-0.1, -0.05) is 11.6 Å². The third-order valence-corrected chi connectivity index (χ3v) is 3.69. The van der Waals surface area contributed by atoms with E-state index in [0.29, 0.717) is 17.4 Å². The van der Waals surface area contributed by atoms with Crippen molar-refractivity contribution in [1.82, 2.24) is 9.88 Å². The van der Waals surface area contributed by atoms with Crippen LogP contribution in [-0.2, 0) is 4.79 Å². The Bertz CT molecular complexity index is 453. The molecule has 0 spiro atoms. The summed E-state index contributed by atoms with van der Waals surface area (Å²) in [5, 5.41) is 12.6. The van der Waals surface area contributed by atoms with E-state index in [1.54, 1.807) is 25.3 Å². The standard InChI is InChI=1S/C13H18ClN3O2/c1-9(18)10-4-6-17(7-10)8-12(19)16-11-3-2-5-15-13(11)14/h2-3,5,9-10,18H,4,6-8H2,1H3,(H,16,19). The SMILES string of the molecule is CC(O)C1CCN(CC(=O)Nc2cccnc2Cl)C1. The average molecular weight is 284 g/mol. The zero-order chi connectivity index (χ0) is 13.8. The van der Waals surface area contributed by atoms with E-state index < -0.39 is 0 Å². The quantitative estimate of drug-likeness (QED) is 0.820. The molecule has 1 fully saturated rings. The van der Waals surface area contributed by atoms with E-state index in [9.17, 15) is 9.90 Å². The monoisotopic (exact) mass is 283 g/mol. The first-order chi connectivity index (χ1) is 9.06. The molecule has 19 heavy (non-hydrogen) atoms. The molecule has 2 heterocycles. The molecule has 2 unspecified atom stereocenters. The summed E-state index contributed by atoms with van der Waals surface area (Å²) in [5.41, 5.74) is 0.528. The highest BCUT2D eigenvalue weighted by molar-refractivity contribution is 6.32. The van der Waals surface area contributed by atoms with Crippen LogP contribution in [0.4, 0.5) is 5.69 Å². The smallest absolute Gasteiger partial charge is 0.238 e. The number of aromatic nitrogens is 1. The first-order valence-electron chi connectivity index (χ1n) is 6.37. The van der Waals surface area contributed by atoms with Crippen LogP contribution in [0.2, 0.25) is 5.15 Å². The fourth-order valence-corrected chi connectivity index (χ4v) is 2.44. The van der Waals surface area contributed by atoms with Gasteiger partial charge >= 0.3 is 0 Å². The molecule has 2 atom stereocenters. The molecular formula is C13H18ClN3O2. The molecule has 0 bridgehead atoms. The second-order valence-electron chi connectivity index (χ2n) is 4.91. The van der Waals surface area contributed by atoms with Gasteiger partial charge in [0.1, 0.15) is 0 Å². The van der Waals surface area contributed by atoms with Crippen molar-refractivity contribution in [2.45, 2.75) is 19.4 Å².